The molecular formula is C18H18N2O4S. The number of carbonyl (C=O) groups is 1. The third kappa shape index (κ3) is 3.15. The van der Waals surface area contributed by atoms with Crippen LogP contribution in [0.25, 0.3) is 21.3 Å². The van der Waals surface area contributed by atoms with Crippen molar-refractivity contribution < 1.29 is 14.6 Å². The zero-order valence-electron chi connectivity index (χ0n) is 14.2. The first-order chi connectivity index (χ1) is 11.9. The zero-order valence-corrected chi connectivity index (χ0v) is 15.0. The highest BCUT2D eigenvalue weighted by Crippen LogP contribution is 2.40. The van der Waals surface area contributed by atoms with E-state index in [1.807, 2.05) is 32.0 Å². The molecule has 0 radical (unpaired) electrons. The van der Waals surface area contributed by atoms with E-state index in [1.54, 1.807) is 7.11 Å². The minimum absolute atomic E-state index is 0.0936. The minimum Gasteiger partial charge on any atom is -0.496 e. The average molecular weight is 358 g/mol. The number of aromatic nitrogens is 2. The summed E-state index contributed by atoms with van der Waals surface area (Å²) in [5.41, 5.74) is 2.49. The number of carboxylic acids is 1. The molecule has 0 spiro atoms. The van der Waals surface area contributed by atoms with Crippen LogP contribution in [-0.2, 0) is 11.3 Å². The second-order valence-corrected chi connectivity index (χ2v) is 7.01. The molecule has 3 aromatic rings. The number of nitrogens with zero attached hydrogens (tertiary/aromatic N) is 2. The normalized spacial score (nSPS) is 11.0. The first-order valence-electron chi connectivity index (χ1n) is 7.77. The highest BCUT2D eigenvalue weighted by Gasteiger charge is 2.20. The summed E-state index contributed by atoms with van der Waals surface area (Å²) in [5.74, 6) is -0.261. The number of aliphatic carboxylic acids is 1. The van der Waals surface area contributed by atoms with Crippen LogP contribution in [0.5, 0.6) is 5.75 Å². The van der Waals surface area contributed by atoms with Gasteiger partial charge in [-0.2, -0.15) is 0 Å². The van der Waals surface area contributed by atoms with E-state index in [4.69, 9.17) is 9.84 Å². The quantitative estimate of drug-likeness (QED) is 0.757. The molecule has 0 atom stereocenters. The number of thiophene rings is 1. The molecule has 0 amide bonds. The summed E-state index contributed by atoms with van der Waals surface area (Å²) in [6, 6.07) is 5.82. The lowest BCUT2D eigenvalue weighted by Crippen LogP contribution is -2.21. The van der Waals surface area contributed by atoms with Crippen LogP contribution < -0.4 is 10.3 Å². The van der Waals surface area contributed by atoms with Gasteiger partial charge in [-0.1, -0.05) is 11.6 Å². The van der Waals surface area contributed by atoms with Gasteiger partial charge in [0.25, 0.3) is 5.56 Å². The number of aryl methyl sites for hydroxylation is 3. The lowest BCUT2D eigenvalue weighted by atomic mass is 10.0. The Morgan fingerprint density at radius 1 is 1.36 bits per heavy atom. The molecule has 0 aliphatic carbocycles. The predicted molar refractivity (Wildman–Crippen MR) is 97.6 cm³/mol. The van der Waals surface area contributed by atoms with E-state index in [-0.39, 0.29) is 18.5 Å². The van der Waals surface area contributed by atoms with Crippen molar-refractivity contribution in [3.8, 4) is 16.9 Å². The molecule has 130 valence electrons. The van der Waals surface area contributed by atoms with Gasteiger partial charge in [-0.05, 0) is 26.0 Å². The zero-order chi connectivity index (χ0) is 18.1. The molecule has 0 unspecified atom stereocenters. The van der Waals surface area contributed by atoms with Crippen molar-refractivity contribution in [2.45, 2.75) is 26.8 Å². The van der Waals surface area contributed by atoms with Crippen molar-refractivity contribution in [3.05, 3.63) is 45.3 Å². The monoisotopic (exact) mass is 358 g/mol. The third-order valence-electron chi connectivity index (χ3n) is 4.05. The lowest BCUT2D eigenvalue weighted by molar-refractivity contribution is -0.137. The Hall–Kier alpha value is -2.67. The van der Waals surface area contributed by atoms with Gasteiger partial charge in [0.05, 0.1) is 25.2 Å². The van der Waals surface area contributed by atoms with Crippen LogP contribution in [0.3, 0.4) is 0 Å². The topological polar surface area (TPSA) is 81.4 Å². The number of hydrogen-bond acceptors (Lipinski definition) is 5. The van der Waals surface area contributed by atoms with Crippen molar-refractivity contribution in [2.24, 2.45) is 0 Å². The second-order valence-electron chi connectivity index (χ2n) is 5.80. The van der Waals surface area contributed by atoms with Crippen LogP contribution in [0, 0.1) is 13.8 Å². The molecule has 2 aromatic heterocycles. The van der Waals surface area contributed by atoms with Gasteiger partial charge in [-0.15, -0.1) is 11.3 Å². The summed E-state index contributed by atoms with van der Waals surface area (Å²) < 4.78 is 6.83. The van der Waals surface area contributed by atoms with E-state index in [0.29, 0.717) is 16.0 Å². The third-order valence-corrected chi connectivity index (χ3v) is 5.06. The van der Waals surface area contributed by atoms with Crippen LogP contribution in [0.4, 0.5) is 0 Å². The summed E-state index contributed by atoms with van der Waals surface area (Å²) in [7, 11) is 1.60. The van der Waals surface area contributed by atoms with Gasteiger partial charge in [-0.3, -0.25) is 14.2 Å². The molecule has 0 bridgehead atoms. The van der Waals surface area contributed by atoms with Gasteiger partial charge in [0.15, 0.2) is 0 Å². The van der Waals surface area contributed by atoms with Gasteiger partial charge in [0, 0.05) is 22.5 Å². The van der Waals surface area contributed by atoms with E-state index in [9.17, 15) is 9.59 Å². The van der Waals surface area contributed by atoms with E-state index >= 15 is 0 Å². The van der Waals surface area contributed by atoms with E-state index in [1.165, 1.54) is 22.2 Å². The van der Waals surface area contributed by atoms with Gasteiger partial charge in [0.2, 0.25) is 0 Å². The summed E-state index contributed by atoms with van der Waals surface area (Å²) in [5, 5.41) is 9.38. The summed E-state index contributed by atoms with van der Waals surface area (Å²) >= 11 is 1.45. The largest absolute Gasteiger partial charge is 0.496 e. The maximum atomic E-state index is 12.9. The molecule has 0 aliphatic rings. The first-order valence-corrected chi connectivity index (χ1v) is 8.59. The van der Waals surface area contributed by atoms with Crippen molar-refractivity contribution in [2.75, 3.05) is 7.11 Å². The Kier molecular flexibility index (Phi) is 4.59. The molecule has 0 fully saturated rings. The first kappa shape index (κ1) is 17.2. The highest BCUT2D eigenvalue weighted by molar-refractivity contribution is 7.19. The molecule has 7 heteroatoms. The number of fused-ring (bicyclic) bond motifs is 1. The molecule has 25 heavy (non-hydrogen) atoms. The molecular weight excluding hydrogens is 340 g/mol. The number of hydrogen-bond donors (Lipinski definition) is 1. The summed E-state index contributed by atoms with van der Waals surface area (Å²) in [6.07, 6.45) is 1.29. The maximum Gasteiger partial charge on any atom is 0.305 e. The fourth-order valence-corrected chi connectivity index (χ4v) is 3.85. The SMILES string of the molecule is COc1ccc(C)cc1-c1c(C)sc2ncn(CCC(=O)O)c(=O)c12. The number of ether oxygens (including phenoxy) is 1. The van der Waals surface area contributed by atoms with Crippen LogP contribution in [-0.4, -0.2) is 27.7 Å². The molecule has 3 rings (SSSR count). The van der Waals surface area contributed by atoms with Crippen LogP contribution in [0.1, 0.15) is 16.9 Å². The summed E-state index contributed by atoms with van der Waals surface area (Å²) in [6.45, 7) is 4.02. The molecule has 2 heterocycles. The minimum atomic E-state index is -0.950. The summed E-state index contributed by atoms with van der Waals surface area (Å²) in [4.78, 5) is 29.7. The fourth-order valence-electron chi connectivity index (χ4n) is 2.85. The van der Waals surface area contributed by atoms with Crippen LogP contribution >= 0.6 is 11.3 Å². The van der Waals surface area contributed by atoms with Crippen LogP contribution in [0.2, 0.25) is 0 Å². The molecule has 1 aromatic carbocycles. The fraction of sp³-hybridized carbons (Fsp3) is 0.278. The van der Waals surface area contributed by atoms with Gasteiger partial charge >= 0.3 is 5.97 Å². The van der Waals surface area contributed by atoms with Crippen LogP contribution in [0.15, 0.2) is 29.3 Å². The van der Waals surface area contributed by atoms with Crippen molar-refractivity contribution in [1.82, 2.24) is 9.55 Å². The molecule has 0 saturated heterocycles. The maximum absolute atomic E-state index is 12.9. The standard InChI is InChI=1S/C18H18N2O4S/c1-10-4-5-13(24-3)12(8-10)15-11(2)25-17-16(15)18(23)20(9-19-17)7-6-14(21)22/h4-5,8-9H,6-7H2,1-3H3,(H,21,22). The highest BCUT2D eigenvalue weighted by atomic mass is 32.1. The van der Waals surface area contributed by atoms with Gasteiger partial charge in [-0.25, -0.2) is 4.98 Å². The second kappa shape index (κ2) is 6.68. The smallest absolute Gasteiger partial charge is 0.305 e. The van der Waals surface area contributed by atoms with E-state index < -0.39 is 5.97 Å². The lowest BCUT2D eigenvalue weighted by Gasteiger charge is -2.10. The van der Waals surface area contributed by atoms with Crippen molar-refractivity contribution >= 4 is 27.5 Å². The number of carboxylic acid groups (broad SMARTS) is 1. The average Bonchev–Trinajstić information content (AvgIpc) is 2.90. The van der Waals surface area contributed by atoms with Gasteiger partial charge in [0.1, 0.15) is 10.6 Å². The number of methoxy groups -OCH3 is 1. The Bertz CT molecular complexity index is 1020. The van der Waals surface area contributed by atoms with Crippen molar-refractivity contribution in [1.29, 1.82) is 0 Å². The number of benzene rings is 1. The molecule has 6 nitrogen and oxygen atoms in total. The van der Waals surface area contributed by atoms with E-state index in [2.05, 4.69) is 4.98 Å². The van der Waals surface area contributed by atoms with Gasteiger partial charge < -0.3 is 9.84 Å². The molecule has 0 aliphatic heterocycles. The Morgan fingerprint density at radius 3 is 2.80 bits per heavy atom. The Balaban J connectivity index is 2.27. The molecule has 0 saturated carbocycles. The van der Waals surface area contributed by atoms with Crippen molar-refractivity contribution in [3.63, 3.8) is 0 Å². The number of rotatable bonds is 5. The predicted octanol–water partition coefficient (Wildman–Crippen LogP) is 3.23. The molecule has 1 N–H and O–H groups in total. The Morgan fingerprint density at radius 2 is 2.12 bits per heavy atom. The van der Waals surface area contributed by atoms with E-state index in [0.717, 1.165) is 21.6 Å². The Labute approximate surface area is 148 Å².